The van der Waals surface area contributed by atoms with Crippen LogP contribution in [0.4, 0.5) is 5.69 Å². The second-order valence-electron chi connectivity index (χ2n) is 7.15. The molecule has 31 heavy (non-hydrogen) atoms. The number of carbonyl (C=O) groups excluding carboxylic acids is 1. The minimum Gasteiger partial charge on any atom is -0.496 e. The Balaban J connectivity index is 1.52. The molecule has 8 heteroatoms. The SMILES string of the molecule is CCn1c(CCCc2ccc(OC)c(C)c2)nnc1SCC(=O)Nc1cccc(Br)c1. The van der Waals surface area contributed by atoms with E-state index in [-0.39, 0.29) is 11.7 Å². The van der Waals surface area contributed by atoms with E-state index in [2.05, 4.69) is 62.0 Å². The lowest BCUT2D eigenvalue weighted by Crippen LogP contribution is -2.14. The molecule has 0 fully saturated rings. The molecule has 0 unspecified atom stereocenters. The highest BCUT2D eigenvalue weighted by atomic mass is 79.9. The number of aryl methyl sites for hydroxylation is 3. The van der Waals surface area contributed by atoms with Crippen molar-refractivity contribution < 1.29 is 9.53 Å². The van der Waals surface area contributed by atoms with Crippen LogP contribution in [-0.2, 0) is 24.2 Å². The third-order valence-electron chi connectivity index (χ3n) is 4.88. The normalized spacial score (nSPS) is 10.8. The highest BCUT2D eigenvalue weighted by Crippen LogP contribution is 2.22. The predicted octanol–water partition coefficient (Wildman–Crippen LogP) is 5.28. The van der Waals surface area contributed by atoms with E-state index in [0.717, 1.165) is 58.3 Å². The molecule has 1 aromatic heterocycles. The van der Waals surface area contributed by atoms with Crippen LogP contribution in [0.25, 0.3) is 0 Å². The van der Waals surface area contributed by atoms with E-state index in [1.807, 2.05) is 30.3 Å². The highest BCUT2D eigenvalue weighted by molar-refractivity contribution is 9.10. The maximum Gasteiger partial charge on any atom is 0.234 e. The van der Waals surface area contributed by atoms with Crippen molar-refractivity contribution in [3.63, 3.8) is 0 Å². The number of aromatic nitrogens is 3. The van der Waals surface area contributed by atoms with E-state index in [4.69, 9.17) is 4.74 Å². The summed E-state index contributed by atoms with van der Waals surface area (Å²) < 4.78 is 8.35. The van der Waals surface area contributed by atoms with Crippen LogP contribution in [0.15, 0.2) is 52.1 Å². The largest absolute Gasteiger partial charge is 0.496 e. The smallest absolute Gasteiger partial charge is 0.234 e. The van der Waals surface area contributed by atoms with Crippen LogP contribution >= 0.6 is 27.7 Å². The number of nitrogens with zero attached hydrogens (tertiary/aromatic N) is 3. The van der Waals surface area contributed by atoms with Crippen molar-refractivity contribution in [1.82, 2.24) is 14.8 Å². The van der Waals surface area contributed by atoms with E-state index >= 15 is 0 Å². The fraction of sp³-hybridized carbons (Fsp3) is 0.348. The van der Waals surface area contributed by atoms with Crippen molar-refractivity contribution in [3.8, 4) is 5.75 Å². The van der Waals surface area contributed by atoms with Crippen LogP contribution in [0.1, 0.15) is 30.3 Å². The fourth-order valence-electron chi connectivity index (χ4n) is 3.37. The van der Waals surface area contributed by atoms with Gasteiger partial charge in [-0.15, -0.1) is 10.2 Å². The molecule has 0 atom stereocenters. The first-order valence-electron chi connectivity index (χ1n) is 10.2. The number of ether oxygens (including phenoxy) is 1. The Hall–Kier alpha value is -2.32. The Morgan fingerprint density at radius 3 is 2.74 bits per heavy atom. The lowest BCUT2D eigenvalue weighted by Gasteiger charge is -2.09. The molecule has 0 saturated heterocycles. The first kappa shape index (κ1) is 23.3. The van der Waals surface area contributed by atoms with Crippen molar-refractivity contribution in [1.29, 1.82) is 0 Å². The molecular weight excluding hydrogens is 476 g/mol. The topological polar surface area (TPSA) is 69.0 Å². The van der Waals surface area contributed by atoms with Crippen molar-refractivity contribution in [2.24, 2.45) is 0 Å². The van der Waals surface area contributed by atoms with Gasteiger partial charge in [-0.1, -0.05) is 45.9 Å². The van der Waals surface area contributed by atoms with Gasteiger partial charge in [-0.25, -0.2) is 0 Å². The molecule has 0 spiro atoms. The first-order valence-corrected chi connectivity index (χ1v) is 12.0. The van der Waals surface area contributed by atoms with Gasteiger partial charge in [0.2, 0.25) is 5.91 Å². The number of nitrogens with one attached hydrogen (secondary N) is 1. The molecule has 3 rings (SSSR count). The fourth-order valence-corrected chi connectivity index (χ4v) is 4.59. The van der Waals surface area contributed by atoms with Gasteiger partial charge in [-0.05, 0) is 62.1 Å². The summed E-state index contributed by atoms with van der Waals surface area (Å²) in [7, 11) is 1.69. The summed E-state index contributed by atoms with van der Waals surface area (Å²) in [5.41, 5.74) is 3.21. The Kier molecular flexibility index (Phi) is 8.54. The summed E-state index contributed by atoms with van der Waals surface area (Å²) in [5, 5.41) is 12.4. The molecule has 0 bridgehead atoms. The molecule has 1 heterocycles. The van der Waals surface area contributed by atoms with Gasteiger partial charge in [0.25, 0.3) is 0 Å². The summed E-state index contributed by atoms with van der Waals surface area (Å²) >= 11 is 4.82. The first-order chi connectivity index (χ1) is 15.0. The van der Waals surface area contributed by atoms with Crippen molar-refractivity contribution in [3.05, 3.63) is 63.9 Å². The number of halogens is 1. The molecule has 1 N–H and O–H groups in total. The Morgan fingerprint density at radius 2 is 2.03 bits per heavy atom. The molecule has 3 aromatic rings. The van der Waals surface area contributed by atoms with Gasteiger partial charge in [0.05, 0.1) is 12.9 Å². The van der Waals surface area contributed by atoms with Crippen LogP contribution in [0, 0.1) is 6.92 Å². The molecule has 0 aliphatic heterocycles. The minimum atomic E-state index is -0.0646. The summed E-state index contributed by atoms with van der Waals surface area (Å²) in [6.45, 7) is 4.91. The average molecular weight is 503 g/mol. The van der Waals surface area contributed by atoms with Crippen molar-refractivity contribution in [2.75, 3.05) is 18.2 Å². The number of carbonyl (C=O) groups is 1. The Morgan fingerprint density at radius 1 is 1.19 bits per heavy atom. The second kappa shape index (κ2) is 11.3. The molecular formula is C23H27BrN4O2S. The van der Waals surface area contributed by atoms with Gasteiger partial charge in [-0.3, -0.25) is 4.79 Å². The molecule has 1 amide bonds. The third kappa shape index (κ3) is 6.58. The highest BCUT2D eigenvalue weighted by Gasteiger charge is 2.13. The van der Waals surface area contributed by atoms with Crippen LogP contribution in [0.2, 0.25) is 0 Å². The number of methoxy groups -OCH3 is 1. The number of amides is 1. The average Bonchev–Trinajstić information content (AvgIpc) is 3.14. The number of anilines is 1. The van der Waals surface area contributed by atoms with E-state index in [1.54, 1.807) is 7.11 Å². The van der Waals surface area contributed by atoms with Gasteiger partial charge in [0.15, 0.2) is 5.16 Å². The number of hydrogen-bond acceptors (Lipinski definition) is 5. The number of thioether (sulfide) groups is 1. The van der Waals surface area contributed by atoms with Gasteiger partial charge in [0.1, 0.15) is 11.6 Å². The summed E-state index contributed by atoms with van der Waals surface area (Å²) in [6.07, 6.45) is 2.80. The van der Waals surface area contributed by atoms with E-state index in [1.165, 1.54) is 17.3 Å². The standard InChI is InChI=1S/C23H27BrN4O2S/c1-4-28-21(10-5-7-17-11-12-20(30-3)16(2)13-17)26-27-23(28)31-15-22(29)25-19-9-6-8-18(24)14-19/h6,8-9,11-14H,4-5,7,10,15H2,1-3H3,(H,25,29). The summed E-state index contributed by atoms with van der Waals surface area (Å²) in [6, 6.07) is 13.9. The van der Waals surface area contributed by atoms with Gasteiger partial charge >= 0.3 is 0 Å². The molecule has 0 saturated carbocycles. The molecule has 0 aliphatic carbocycles. The van der Waals surface area contributed by atoms with Crippen molar-refractivity contribution >= 4 is 39.3 Å². The quantitative estimate of drug-likeness (QED) is 0.381. The Labute approximate surface area is 195 Å². The molecule has 0 radical (unpaired) electrons. The van der Waals surface area contributed by atoms with Gasteiger partial charge in [-0.2, -0.15) is 0 Å². The van der Waals surface area contributed by atoms with Crippen LogP contribution in [0.3, 0.4) is 0 Å². The second-order valence-corrected chi connectivity index (χ2v) is 9.01. The van der Waals surface area contributed by atoms with Crippen LogP contribution in [0.5, 0.6) is 5.75 Å². The molecule has 0 aliphatic rings. The van der Waals surface area contributed by atoms with Crippen LogP contribution in [-0.4, -0.2) is 33.5 Å². The zero-order chi connectivity index (χ0) is 22.2. The monoisotopic (exact) mass is 502 g/mol. The van der Waals surface area contributed by atoms with E-state index in [0.29, 0.717) is 0 Å². The zero-order valence-corrected chi connectivity index (χ0v) is 20.4. The minimum absolute atomic E-state index is 0.0646. The number of benzene rings is 2. The maximum absolute atomic E-state index is 12.3. The molecule has 164 valence electrons. The van der Waals surface area contributed by atoms with Crippen LogP contribution < -0.4 is 10.1 Å². The predicted molar refractivity (Wildman–Crippen MR) is 129 cm³/mol. The number of rotatable bonds is 10. The molecule has 2 aromatic carbocycles. The zero-order valence-electron chi connectivity index (χ0n) is 18.0. The lowest BCUT2D eigenvalue weighted by molar-refractivity contribution is -0.113. The summed E-state index contributed by atoms with van der Waals surface area (Å²) in [5.74, 6) is 2.10. The molecule has 6 nitrogen and oxygen atoms in total. The van der Waals surface area contributed by atoms with E-state index in [9.17, 15) is 4.79 Å². The summed E-state index contributed by atoms with van der Waals surface area (Å²) in [4.78, 5) is 12.3. The van der Waals surface area contributed by atoms with Gasteiger partial charge in [0, 0.05) is 23.1 Å². The Bertz CT molecular complexity index is 1040. The van der Waals surface area contributed by atoms with Gasteiger partial charge < -0.3 is 14.6 Å². The lowest BCUT2D eigenvalue weighted by atomic mass is 10.0. The maximum atomic E-state index is 12.3. The van der Waals surface area contributed by atoms with Crippen molar-refractivity contribution in [2.45, 2.75) is 44.8 Å². The third-order valence-corrected chi connectivity index (χ3v) is 6.34. The number of hydrogen-bond donors (Lipinski definition) is 1. The van der Waals surface area contributed by atoms with E-state index < -0.39 is 0 Å².